The summed E-state index contributed by atoms with van der Waals surface area (Å²) in [5, 5.41) is 3.70. The molecule has 1 N–H and O–H groups in total. The van der Waals surface area contributed by atoms with Crippen molar-refractivity contribution < 1.29 is 4.74 Å². The van der Waals surface area contributed by atoms with Gasteiger partial charge >= 0.3 is 0 Å². The van der Waals surface area contributed by atoms with Gasteiger partial charge in [0.2, 0.25) is 0 Å². The Morgan fingerprint density at radius 3 is 2.48 bits per heavy atom. The number of methoxy groups -OCH3 is 1. The van der Waals surface area contributed by atoms with Crippen LogP contribution in [0.3, 0.4) is 0 Å². The molecule has 0 radical (unpaired) electrons. The van der Waals surface area contributed by atoms with E-state index in [9.17, 15) is 0 Å². The second-order valence-electron chi connectivity index (χ2n) is 6.23. The topological polar surface area (TPSA) is 24.5 Å². The van der Waals surface area contributed by atoms with Crippen LogP contribution in [0.2, 0.25) is 0 Å². The highest BCUT2D eigenvalue weighted by atomic mass is 79.9. The van der Waals surface area contributed by atoms with E-state index >= 15 is 0 Å². The van der Waals surface area contributed by atoms with E-state index in [1.165, 1.54) is 5.56 Å². The Hall–Kier alpha value is -0.580. The third-order valence-corrected chi connectivity index (χ3v) is 4.92. The van der Waals surface area contributed by atoms with Crippen LogP contribution in [0.25, 0.3) is 0 Å². The molecule has 120 valence electrons. The van der Waals surface area contributed by atoms with Gasteiger partial charge in [0, 0.05) is 11.6 Å². The number of likely N-dealkylation sites (N-methyl/N-ethyl adjacent to an activating group) is 1. The Kier molecular flexibility index (Phi) is 7.17. The molecule has 0 saturated heterocycles. The van der Waals surface area contributed by atoms with E-state index in [2.05, 4.69) is 73.1 Å². The smallest absolute Gasteiger partial charge is 0.133 e. The van der Waals surface area contributed by atoms with E-state index in [-0.39, 0.29) is 5.54 Å². The monoisotopic (exact) mass is 356 g/mol. The van der Waals surface area contributed by atoms with Gasteiger partial charge in [0.25, 0.3) is 0 Å². The van der Waals surface area contributed by atoms with Gasteiger partial charge < -0.3 is 15.0 Å². The first-order valence-electron chi connectivity index (χ1n) is 7.56. The summed E-state index contributed by atoms with van der Waals surface area (Å²) in [6.45, 7) is 7.83. The van der Waals surface area contributed by atoms with E-state index in [4.69, 9.17) is 4.74 Å². The van der Waals surface area contributed by atoms with Gasteiger partial charge in [-0.15, -0.1) is 0 Å². The molecule has 1 rings (SSSR count). The SMILES string of the molecule is CCCNC(Cc1ccc(OC)c(Br)c1)C(C)(C)N(C)C. The minimum absolute atomic E-state index is 0.0849. The lowest BCUT2D eigenvalue weighted by Gasteiger charge is -2.41. The first kappa shape index (κ1) is 18.5. The third kappa shape index (κ3) is 4.97. The van der Waals surface area contributed by atoms with Crippen LogP contribution in [0.15, 0.2) is 22.7 Å². The summed E-state index contributed by atoms with van der Waals surface area (Å²) in [5.41, 5.74) is 1.40. The zero-order chi connectivity index (χ0) is 16.0. The molecule has 0 bridgehead atoms. The molecule has 0 aromatic heterocycles. The average Bonchev–Trinajstić information content (AvgIpc) is 2.43. The highest BCUT2D eigenvalue weighted by Gasteiger charge is 2.31. The van der Waals surface area contributed by atoms with Gasteiger partial charge in [-0.1, -0.05) is 13.0 Å². The molecule has 0 fully saturated rings. The largest absolute Gasteiger partial charge is 0.496 e. The lowest BCUT2D eigenvalue weighted by atomic mass is 9.88. The second-order valence-corrected chi connectivity index (χ2v) is 7.08. The fraction of sp³-hybridized carbons (Fsp3) is 0.647. The number of benzene rings is 1. The highest BCUT2D eigenvalue weighted by molar-refractivity contribution is 9.10. The molecule has 0 aliphatic carbocycles. The molecule has 0 amide bonds. The van der Waals surface area contributed by atoms with Crippen molar-refractivity contribution >= 4 is 15.9 Å². The second kappa shape index (κ2) is 8.16. The zero-order valence-electron chi connectivity index (χ0n) is 14.2. The van der Waals surface area contributed by atoms with Crippen LogP contribution >= 0.6 is 15.9 Å². The van der Waals surface area contributed by atoms with Crippen molar-refractivity contribution in [3.05, 3.63) is 28.2 Å². The number of hydrogen-bond donors (Lipinski definition) is 1. The maximum absolute atomic E-state index is 5.30. The number of halogens is 1. The number of rotatable bonds is 8. The van der Waals surface area contributed by atoms with Crippen molar-refractivity contribution in [1.82, 2.24) is 10.2 Å². The van der Waals surface area contributed by atoms with Crippen LogP contribution in [0.5, 0.6) is 5.75 Å². The van der Waals surface area contributed by atoms with E-state index in [0.717, 1.165) is 29.6 Å². The van der Waals surface area contributed by atoms with Crippen molar-refractivity contribution in [2.24, 2.45) is 0 Å². The molecule has 1 unspecified atom stereocenters. The Morgan fingerprint density at radius 1 is 1.33 bits per heavy atom. The van der Waals surface area contributed by atoms with Crippen molar-refractivity contribution in [3.63, 3.8) is 0 Å². The summed E-state index contributed by atoms with van der Waals surface area (Å²) in [4.78, 5) is 2.29. The lowest BCUT2D eigenvalue weighted by Crippen LogP contribution is -2.56. The predicted octanol–water partition coefficient (Wildman–Crippen LogP) is 3.71. The van der Waals surface area contributed by atoms with Crippen LogP contribution in [-0.4, -0.2) is 44.2 Å². The molecule has 1 aromatic rings. The maximum atomic E-state index is 5.30. The van der Waals surface area contributed by atoms with E-state index in [1.54, 1.807) is 7.11 Å². The number of hydrogen-bond acceptors (Lipinski definition) is 3. The standard InChI is InChI=1S/C17H29BrN2O/c1-7-10-19-16(17(2,3)20(4)5)12-13-8-9-15(21-6)14(18)11-13/h8-9,11,16,19H,7,10,12H2,1-6H3. The van der Waals surface area contributed by atoms with Crippen LogP contribution in [0.4, 0.5) is 0 Å². The molecule has 0 saturated carbocycles. The molecular formula is C17H29BrN2O. The number of nitrogens with one attached hydrogen (secondary N) is 1. The predicted molar refractivity (Wildman–Crippen MR) is 94.2 cm³/mol. The summed E-state index contributed by atoms with van der Waals surface area (Å²) in [6, 6.07) is 6.73. The number of ether oxygens (including phenoxy) is 1. The van der Waals surface area contributed by atoms with Gasteiger partial charge in [-0.25, -0.2) is 0 Å². The number of nitrogens with zero attached hydrogens (tertiary/aromatic N) is 1. The zero-order valence-corrected chi connectivity index (χ0v) is 15.8. The first-order chi connectivity index (χ1) is 9.82. The van der Waals surface area contributed by atoms with Crippen LogP contribution in [0, 0.1) is 0 Å². The summed E-state index contributed by atoms with van der Waals surface area (Å²) in [5.74, 6) is 0.878. The van der Waals surface area contributed by atoms with Gasteiger partial charge in [-0.05, 0) is 81.0 Å². The van der Waals surface area contributed by atoms with E-state index < -0.39 is 0 Å². The van der Waals surface area contributed by atoms with Crippen LogP contribution in [0.1, 0.15) is 32.8 Å². The molecule has 21 heavy (non-hydrogen) atoms. The van der Waals surface area contributed by atoms with Gasteiger partial charge in [0.1, 0.15) is 5.75 Å². The molecule has 1 atom stereocenters. The Morgan fingerprint density at radius 2 is 2.00 bits per heavy atom. The summed E-state index contributed by atoms with van der Waals surface area (Å²) < 4.78 is 6.32. The molecule has 4 heteroatoms. The Bertz CT molecular complexity index is 446. The minimum atomic E-state index is 0.0849. The summed E-state index contributed by atoms with van der Waals surface area (Å²) in [7, 11) is 5.98. The lowest BCUT2D eigenvalue weighted by molar-refractivity contribution is 0.137. The molecule has 0 spiro atoms. The van der Waals surface area contributed by atoms with E-state index in [1.807, 2.05) is 6.07 Å². The van der Waals surface area contributed by atoms with Crippen LogP contribution in [-0.2, 0) is 6.42 Å². The highest BCUT2D eigenvalue weighted by Crippen LogP contribution is 2.27. The maximum Gasteiger partial charge on any atom is 0.133 e. The van der Waals surface area contributed by atoms with E-state index in [0.29, 0.717) is 6.04 Å². The van der Waals surface area contributed by atoms with Gasteiger partial charge in [-0.2, -0.15) is 0 Å². The van der Waals surface area contributed by atoms with Gasteiger partial charge in [-0.3, -0.25) is 0 Å². The van der Waals surface area contributed by atoms with Crippen molar-refractivity contribution in [1.29, 1.82) is 0 Å². The van der Waals surface area contributed by atoms with Gasteiger partial charge in [0.05, 0.1) is 11.6 Å². The Balaban J connectivity index is 2.93. The van der Waals surface area contributed by atoms with Crippen molar-refractivity contribution in [3.8, 4) is 5.75 Å². The molecular weight excluding hydrogens is 328 g/mol. The molecule has 1 aromatic carbocycles. The van der Waals surface area contributed by atoms with Crippen molar-refractivity contribution in [2.45, 2.75) is 45.2 Å². The molecule has 0 heterocycles. The third-order valence-electron chi connectivity index (χ3n) is 4.30. The average molecular weight is 357 g/mol. The fourth-order valence-corrected chi connectivity index (χ4v) is 2.86. The van der Waals surface area contributed by atoms with Gasteiger partial charge in [0.15, 0.2) is 0 Å². The van der Waals surface area contributed by atoms with Crippen LogP contribution < -0.4 is 10.1 Å². The summed E-state index contributed by atoms with van der Waals surface area (Å²) in [6.07, 6.45) is 2.14. The van der Waals surface area contributed by atoms with Crippen molar-refractivity contribution in [2.75, 3.05) is 27.7 Å². The molecule has 3 nitrogen and oxygen atoms in total. The quantitative estimate of drug-likeness (QED) is 0.768. The molecule has 0 aliphatic rings. The normalized spacial score (nSPS) is 13.5. The first-order valence-corrected chi connectivity index (χ1v) is 8.35. The Labute approximate surface area is 138 Å². The molecule has 0 aliphatic heterocycles. The minimum Gasteiger partial charge on any atom is -0.496 e. The summed E-state index contributed by atoms with van der Waals surface area (Å²) >= 11 is 3.57. The fourth-order valence-electron chi connectivity index (χ4n) is 2.27.